The molecule has 0 aliphatic heterocycles. The Morgan fingerprint density at radius 3 is 1.14 bits per heavy atom. The molecule has 56 heavy (non-hydrogen) atoms. The molecule has 0 saturated carbocycles. The molecule has 0 saturated heterocycles. The summed E-state index contributed by atoms with van der Waals surface area (Å²) in [5.41, 5.74) is 0. The third-order valence-electron chi connectivity index (χ3n) is 11.4. The molecule has 2 N–H and O–H groups in total. The fourth-order valence-corrected chi connectivity index (χ4v) is 7.75. The van der Waals surface area contributed by atoms with Crippen LogP contribution in [-0.4, -0.2) is 35.6 Å². The van der Waals surface area contributed by atoms with E-state index in [4.69, 9.17) is 9.84 Å². The lowest BCUT2D eigenvalue weighted by molar-refractivity contribution is -0.150. The first-order valence-corrected chi connectivity index (χ1v) is 24.8. The van der Waals surface area contributed by atoms with E-state index in [0.717, 1.165) is 64.2 Å². The number of nitrogens with one attached hydrogen (secondary N) is 1. The number of carboxylic acid groups (broad SMARTS) is 1. The molecule has 330 valence electrons. The summed E-state index contributed by atoms with van der Waals surface area (Å²) in [7, 11) is 0. The molecule has 6 heteroatoms. The van der Waals surface area contributed by atoms with Crippen molar-refractivity contribution in [2.45, 2.75) is 283 Å². The highest BCUT2D eigenvalue weighted by Gasteiger charge is 2.14. The average Bonchev–Trinajstić information content (AvgIpc) is 3.18. The number of carboxylic acids is 1. The van der Waals surface area contributed by atoms with Crippen LogP contribution in [-0.2, 0) is 19.1 Å². The highest BCUT2D eigenvalue weighted by molar-refractivity contribution is 5.80. The largest absolute Gasteiger partial charge is 0.480 e. The van der Waals surface area contributed by atoms with E-state index in [-0.39, 0.29) is 24.5 Å². The van der Waals surface area contributed by atoms with E-state index < -0.39 is 5.97 Å². The maximum absolute atomic E-state index is 12.8. The molecule has 0 aromatic carbocycles. The number of hydrogen-bond donors (Lipinski definition) is 2. The van der Waals surface area contributed by atoms with Crippen LogP contribution in [0.4, 0.5) is 0 Å². The van der Waals surface area contributed by atoms with Gasteiger partial charge in [-0.05, 0) is 64.2 Å². The van der Waals surface area contributed by atoms with Gasteiger partial charge in [0.1, 0.15) is 12.6 Å². The van der Waals surface area contributed by atoms with E-state index in [1.54, 1.807) is 0 Å². The lowest BCUT2D eigenvalue weighted by Crippen LogP contribution is -2.28. The number of allylic oxidation sites excluding steroid dienone is 2. The van der Waals surface area contributed by atoms with Gasteiger partial charge in [-0.15, -0.1) is 0 Å². The van der Waals surface area contributed by atoms with E-state index in [0.29, 0.717) is 12.8 Å². The quantitative estimate of drug-likeness (QED) is 0.0364. The van der Waals surface area contributed by atoms with E-state index in [9.17, 15) is 14.4 Å². The summed E-state index contributed by atoms with van der Waals surface area (Å²) in [6.07, 6.45) is 55.0. The van der Waals surface area contributed by atoms with Crippen LogP contribution in [0.5, 0.6) is 0 Å². The topological polar surface area (TPSA) is 92.7 Å². The number of hydrogen-bond acceptors (Lipinski definition) is 4. The summed E-state index contributed by atoms with van der Waals surface area (Å²) in [5, 5.41) is 11.1. The van der Waals surface area contributed by atoms with Gasteiger partial charge in [-0.25, -0.2) is 0 Å². The zero-order chi connectivity index (χ0) is 40.8. The molecule has 0 aliphatic rings. The van der Waals surface area contributed by atoms with Crippen LogP contribution in [0.3, 0.4) is 0 Å². The number of ether oxygens (including phenoxy) is 1. The van der Waals surface area contributed by atoms with Crippen molar-refractivity contribution in [2.24, 2.45) is 0 Å². The van der Waals surface area contributed by atoms with Crippen molar-refractivity contribution in [1.82, 2.24) is 5.32 Å². The first kappa shape index (κ1) is 54.2. The van der Waals surface area contributed by atoms with Gasteiger partial charge in [0.25, 0.3) is 0 Å². The van der Waals surface area contributed by atoms with E-state index in [1.165, 1.54) is 186 Å². The van der Waals surface area contributed by atoms with Crippen molar-refractivity contribution in [1.29, 1.82) is 0 Å². The molecule has 0 aliphatic carbocycles. The molecule has 0 aromatic heterocycles. The molecule has 1 unspecified atom stereocenters. The third-order valence-corrected chi connectivity index (χ3v) is 11.4. The standard InChI is InChI=1S/C50H95NO5/c1-3-5-7-9-11-13-15-17-18-19-20-21-22-23-24-26-28-30-32-37-41-45-50(55)56-47(43-39-35-33-36-40-44-48(52)51-46-49(53)54)42-38-34-31-29-27-25-16-14-12-10-8-6-4-2/h19-20,47H,3-18,21-46H2,1-2H3,(H,51,52)(H,53,54)/b20-19-. The fraction of sp³-hybridized carbons (Fsp3) is 0.900. The summed E-state index contributed by atoms with van der Waals surface area (Å²) in [4.78, 5) is 35.2. The molecule has 0 radical (unpaired) electrons. The van der Waals surface area contributed by atoms with Crippen LogP contribution in [0.1, 0.15) is 277 Å². The molecule has 0 fully saturated rings. The van der Waals surface area contributed by atoms with Gasteiger partial charge in [-0.1, -0.05) is 212 Å². The lowest BCUT2D eigenvalue weighted by Gasteiger charge is -2.18. The Labute approximate surface area is 348 Å². The number of unbranched alkanes of at least 4 members (excludes halogenated alkanes) is 33. The molecule has 1 amide bonds. The molecule has 0 rings (SSSR count). The molecule has 0 heterocycles. The minimum absolute atomic E-state index is 0.0103. The molecule has 0 spiro atoms. The zero-order valence-electron chi connectivity index (χ0n) is 37.5. The minimum atomic E-state index is -1.01. The van der Waals surface area contributed by atoms with Crippen molar-refractivity contribution in [3.8, 4) is 0 Å². The third kappa shape index (κ3) is 44.9. The number of rotatable bonds is 46. The van der Waals surface area contributed by atoms with E-state index in [2.05, 4.69) is 31.3 Å². The molecule has 6 nitrogen and oxygen atoms in total. The summed E-state index contributed by atoms with van der Waals surface area (Å²) < 4.78 is 6.06. The van der Waals surface area contributed by atoms with Gasteiger partial charge in [0.15, 0.2) is 0 Å². The Morgan fingerprint density at radius 2 is 0.768 bits per heavy atom. The van der Waals surface area contributed by atoms with Gasteiger partial charge in [0.2, 0.25) is 5.91 Å². The SMILES string of the molecule is CCCCCCCCCC/C=C\CCCCCCCCCCCC(=O)OC(CCCCCCCCCCCCCCC)CCCCCCCC(=O)NCC(=O)O. The first-order chi connectivity index (χ1) is 27.5. The fourth-order valence-electron chi connectivity index (χ4n) is 7.75. The zero-order valence-corrected chi connectivity index (χ0v) is 37.5. The number of carbonyl (C=O) groups is 3. The van der Waals surface area contributed by atoms with Crippen LogP contribution in [0.25, 0.3) is 0 Å². The second-order valence-corrected chi connectivity index (χ2v) is 17.1. The van der Waals surface area contributed by atoms with E-state index >= 15 is 0 Å². The molecule has 0 bridgehead atoms. The van der Waals surface area contributed by atoms with Crippen molar-refractivity contribution in [3.05, 3.63) is 12.2 Å². The monoisotopic (exact) mass is 790 g/mol. The Balaban J connectivity index is 4.04. The van der Waals surface area contributed by atoms with Crippen molar-refractivity contribution >= 4 is 17.8 Å². The lowest BCUT2D eigenvalue weighted by atomic mass is 10.0. The van der Waals surface area contributed by atoms with Crippen LogP contribution in [0.15, 0.2) is 12.2 Å². The van der Waals surface area contributed by atoms with E-state index in [1.807, 2.05) is 0 Å². The maximum Gasteiger partial charge on any atom is 0.322 e. The smallest absolute Gasteiger partial charge is 0.322 e. The van der Waals surface area contributed by atoms with Gasteiger partial charge in [0, 0.05) is 12.8 Å². The second-order valence-electron chi connectivity index (χ2n) is 17.1. The number of aliphatic carboxylic acids is 1. The average molecular weight is 790 g/mol. The van der Waals surface area contributed by atoms with Crippen molar-refractivity contribution in [2.75, 3.05) is 6.54 Å². The normalized spacial score (nSPS) is 12.0. The summed E-state index contributed by atoms with van der Waals surface area (Å²) in [6, 6.07) is 0. The van der Waals surface area contributed by atoms with Crippen molar-refractivity contribution in [3.63, 3.8) is 0 Å². The summed E-state index contributed by atoms with van der Waals surface area (Å²) in [5.74, 6) is -1.21. The summed E-state index contributed by atoms with van der Waals surface area (Å²) >= 11 is 0. The number of amides is 1. The van der Waals surface area contributed by atoms with Crippen LogP contribution < -0.4 is 5.32 Å². The predicted octanol–water partition coefficient (Wildman–Crippen LogP) is 15.7. The second kappa shape index (κ2) is 45.8. The van der Waals surface area contributed by atoms with Gasteiger partial charge < -0.3 is 15.2 Å². The van der Waals surface area contributed by atoms with Gasteiger partial charge >= 0.3 is 11.9 Å². The summed E-state index contributed by atoms with van der Waals surface area (Å²) in [6.45, 7) is 4.26. The van der Waals surface area contributed by atoms with Gasteiger partial charge in [-0.2, -0.15) is 0 Å². The number of esters is 1. The van der Waals surface area contributed by atoms with Crippen LogP contribution in [0.2, 0.25) is 0 Å². The molecular formula is C50H95NO5. The molecule has 0 aromatic rings. The Bertz CT molecular complexity index is 874. The predicted molar refractivity (Wildman–Crippen MR) is 240 cm³/mol. The maximum atomic E-state index is 12.8. The Morgan fingerprint density at radius 1 is 0.446 bits per heavy atom. The van der Waals surface area contributed by atoms with Gasteiger partial charge in [0.05, 0.1) is 0 Å². The van der Waals surface area contributed by atoms with Gasteiger partial charge in [-0.3, -0.25) is 14.4 Å². The van der Waals surface area contributed by atoms with Crippen LogP contribution in [0, 0.1) is 0 Å². The highest BCUT2D eigenvalue weighted by atomic mass is 16.5. The number of carbonyl (C=O) groups excluding carboxylic acids is 2. The Hall–Kier alpha value is -1.85. The van der Waals surface area contributed by atoms with Crippen LogP contribution >= 0.6 is 0 Å². The highest BCUT2D eigenvalue weighted by Crippen LogP contribution is 2.19. The molecular weight excluding hydrogens is 695 g/mol. The first-order valence-electron chi connectivity index (χ1n) is 24.8. The Kier molecular flexibility index (Phi) is 44.3. The molecule has 1 atom stereocenters. The minimum Gasteiger partial charge on any atom is -0.480 e. The van der Waals surface area contributed by atoms with Crippen molar-refractivity contribution < 1.29 is 24.2 Å².